The third kappa shape index (κ3) is 2.09. The van der Waals surface area contributed by atoms with Crippen LogP contribution in [0.2, 0.25) is 0 Å². The molecule has 0 bridgehead atoms. The van der Waals surface area contributed by atoms with Crippen LogP contribution < -0.4 is 0 Å². The number of aryl methyl sites for hydroxylation is 2. The summed E-state index contributed by atoms with van der Waals surface area (Å²) in [5, 5.41) is 4.28. The summed E-state index contributed by atoms with van der Waals surface area (Å²) in [4.78, 5) is 7.89. The highest BCUT2D eigenvalue weighted by Crippen LogP contribution is 2.23. The van der Waals surface area contributed by atoms with E-state index in [9.17, 15) is 8.42 Å². The van der Waals surface area contributed by atoms with Crippen molar-refractivity contribution in [2.45, 2.75) is 11.8 Å². The fraction of sp³-hybridized carbons (Fsp3) is 0.231. The van der Waals surface area contributed by atoms with E-state index in [1.54, 1.807) is 22.9 Å². The summed E-state index contributed by atoms with van der Waals surface area (Å²) >= 11 is 0. The Balaban J connectivity index is 2.18. The molecule has 20 heavy (non-hydrogen) atoms. The number of nitrogens with one attached hydrogen (secondary N) is 1. The summed E-state index contributed by atoms with van der Waals surface area (Å²) in [6.07, 6.45) is 1.19. The topological polar surface area (TPSA) is 80.6 Å². The molecule has 0 unspecified atom stereocenters. The molecule has 2 aromatic heterocycles. The molecule has 2 heterocycles. The summed E-state index contributed by atoms with van der Waals surface area (Å²) in [5.74, 6) is 0.675. The average molecular weight is 290 g/mol. The predicted molar refractivity (Wildman–Crippen MR) is 76.1 cm³/mol. The van der Waals surface area contributed by atoms with Gasteiger partial charge in [0.1, 0.15) is 5.69 Å². The molecule has 0 aliphatic rings. The van der Waals surface area contributed by atoms with E-state index < -0.39 is 9.84 Å². The first-order valence-electron chi connectivity index (χ1n) is 6.05. The SMILES string of the molecule is Cc1cc(-c2nc3ccc(S(C)(=O)=O)cc3[nH]2)n(C)n1. The number of aromatic nitrogens is 4. The van der Waals surface area contributed by atoms with Gasteiger partial charge in [-0.1, -0.05) is 0 Å². The lowest BCUT2D eigenvalue weighted by atomic mass is 10.3. The Morgan fingerprint density at radius 3 is 2.60 bits per heavy atom. The van der Waals surface area contributed by atoms with E-state index in [1.807, 2.05) is 20.0 Å². The fourth-order valence-corrected chi connectivity index (χ4v) is 2.82. The van der Waals surface area contributed by atoms with Crippen LogP contribution in [0.5, 0.6) is 0 Å². The Kier molecular flexibility index (Phi) is 2.68. The molecule has 3 rings (SSSR count). The quantitative estimate of drug-likeness (QED) is 0.778. The Morgan fingerprint density at radius 1 is 1.25 bits per heavy atom. The van der Waals surface area contributed by atoms with E-state index in [1.165, 1.54) is 6.26 Å². The number of imidazole rings is 1. The van der Waals surface area contributed by atoms with Crippen LogP contribution in [0.15, 0.2) is 29.2 Å². The molecule has 6 nitrogen and oxygen atoms in total. The van der Waals surface area contributed by atoms with Gasteiger partial charge in [0.15, 0.2) is 15.7 Å². The van der Waals surface area contributed by atoms with E-state index in [0.29, 0.717) is 11.3 Å². The highest BCUT2D eigenvalue weighted by molar-refractivity contribution is 7.90. The minimum atomic E-state index is -3.22. The molecule has 0 fully saturated rings. The smallest absolute Gasteiger partial charge is 0.175 e. The van der Waals surface area contributed by atoms with E-state index in [4.69, 9.17) is 0 Å². The molecule has 0 spiro atoms. The average Bonchev–Trinajstić information content (AvgIpc) is 2.89. The molecule has 1 aromatic carbocycles. The highest BCUT2D eigenvalue weighted by Gasteiger charge is 2.13. The van der Waals surface area contributed by atoms with E-state index in [0.717, 1.165) is 16.9 Å². The first-order valence-corrected chi connectivity index (χ1v) is 7.94. The van der Waals surface area contributed by atoms with Gasteiger partial charge in [0.2, 0.25) is 0 Å². The Bertz CT molecular complexity index is 906. The fourth-order valence-electron chi connectivity index (χ4n) is 2.17. The van der Waals surface area contributed by atoms with Crippen LogP contribution >= 0.6 is 0 Å². The second-order valence-electron chi connectivity index (χ2n) is 4.83. The van der Waals surface area contributed by atoms with Crippen LogP contribution in [0.25, 0.3) is 22.6 Å². The maximum atomic E-state index is 11.6. The van der Waals surface area contributed by atoms with Gasteiger partial charge >= 0.3 is 0 Å². The Hall–Kier alpha value is -2.15. The molecule has 1 N–H and O–H groups in total. The molecule has 0 atom stereocenters. The molecule has 0 saturated carbocycles. The van der Waals surface area contributed by atoms with Crippen molar-refractivity contribution in [3.8, 4) is 11.5 Å². The molecule has 104 valence electrons. The number of hydrogen-bond acceptors (Lipinski definition) is 4. The maximum absolute atomic E-state index is 11.6. The minimum absolute atomic E-state index is 0.279. The van der Waals surface area contributed by atoms with Crippen molar-refractivity contribution in [1.82, 2.24) is 19.7 Å². The number of H-pyrrole nitrogens is 1. The molecular weight excluding hydrogens is 276 g/mol. The minimum Gasteiger partial charge on any atom is -0.337 e. The van der Waals surface area contributed by atoms with E-state index in [2.05, 4.69) is 15.1 Å². The van der Waals surface area contributed by atoms with Gasteiger partial charge in [0.25, 0.3) is 0 Å². The van der Waals surface area contributed by atoms with Crippen molar-refractivity contribution < 1.29 is 8.42 Å². The maximum Gasteiger partial charge on any atom is 0.175 e. The van der Waals surface area contributed by atoms with Crippen LogP contribution in [0.1, 0.15) is 5.69 Å². The molecular formula is C13H14N4O2S. The van der Waals surface area contributed by atoms with Crippen molar-refractivity contribution in [2.24, 2.45) is 7.05 Å². The van der Waals surface area contributed by atoms with Gasteiger partial charge in [-0.25, -0.2) is 13.4 Å². The third-order valence-corrected chi connectivity index (χ3v) is 4.24. The lowest BCUT2D eigenvalue weighted by Crippen LogP contribution is -1.96. The normalized spacial score (nSPS) is 12.2. The monoisotopic (exact) mass is 290 g/mol. The first kappa shape index (κ1) is 12.9. The predicted octanol–water partition coefficient (Wildman–Crippen LogP) is 1.68. The molecule has 3 aromatic rings. The standard InChI is InChI=1S/C13H14N4O2S/c1-8-6-12(17(2)16-8)13-14-10-5-4-9(20(3,18)19)7-11(10)15-13/h4-7H,1-3H3,(H,14,15). The highest BCUT2D eigenvalue weighted by atomic mass is 32.2. The molecule has 7 heteroatoms. The zero-order valence-corrected chi connectivity index (χ0v) is 12.2. The molecule has 0 radical (unpaired) electrons. The summed E-state index contributed by atoms with van der Waals surface area (Å²) < 4.78 is 24.9. The Morgan fingerprint density at radius 2 is 2.00 bits per heavy atom. The van der Waals surface area contributed by atoms with Crippen LogP contribution in [0, 0.1) is 6.92 Å². The van der Waals surface area contributed by atoms with Crippen LogP contribution in [-0.4, -0.2) is 34.4 Å². The number of nitrogens with zero attached hydrogens (tertiary/aromatic N) is 3. The summed E-state index contributed by atoms with van der Waals surface area (Å²) in [5.41, 5.74) is 3.19. The number of rotatable bonds is 2. The third-order valence-electron chi connectivity index (χ3n) is 3.13. The van der Waals surface area contributed by atoms with E-state index >= 15 is 0 Å². The number of sulfone groups is 1. The zero-order chi connectivity index (χ0) is 14.5. The van der Waals surface area contributed by atoms with Gasteiger partial charge in [0.05, 0.1) is 21.6 Å². The van der Waals surface area contributed by atoms with Gasteiger partial charge in [-0.15, -0.1) is 0 Å². The lowest BCUT2D eigenvalue weighted by molar-refractivity contribution is 0.602. The van der Waals surface area contributed by atoms with Crippen molar-refractivity contribution >= 4 is 20.9 Å². The molecule has 0 amide bonds. The van der Waals surface area contributed by atoms with E-state index in [-0.39, 0.29) is 4.90 Å². The molecule has 0 aliphatic carbocycles. The molecule has 0 saturated heterocycles. The number of benzene rings is 1. The van der Waals surface area contributed by atoms with Crippen LogP contribution in [-0.2, 0) is 16.9 Å². The van der Waals surface area contributed by atoms with Crippen molar-refractivity contribution in [3.05, 3.63) is 30.0 Å². The van der Waals surface area contributed by atoms with Crippen LogP contribution in [0.3, 0.4) is 0 Å². The van der Waals surface area contributed by atoms with Gasteiger partial charge < -0.3 is 4.98 Å². The largest absolute Gasteiger partial charge is 0.337 e. The van der Waals surface area contributed by atoms with Crippen molar-refractivity contribution in [2.75, 3.05) is 6.26 Å². The van der Waals surface area contributed by atoms with Crippen molar-refractivity contribution in [1.29, 1.82) is 0 Å². The number of aromatic amines is 1. The second-order valence-corrected chi connectivity index (χ2v) is 6.85. The second kappa shape index (κ2) is 4.17. The number of fused-ring (bicyclic) bond motifs is 1. The summed E-state index contributed by atoms with van der Waals surface area (Å²) in [7, 11) is -1.37. The van der Waals surface area contributed by atoms with Crippen LogP contribution in [0.4, 0.5) is 0 Å². The zero-order valence-electron chi connectivity index (χ0n) is 11.4. The van der Waals surface area contributed by atoms with Crippen molar-refractivity contribution in [3.63, 3.8) is 0 Å². The van der Waals surface area contributed by atoms with Gasteiger partial charge in [-0.3, -0.25) is 4.68 Å². The summed E-state index contributed by atoms with van der Waals surface area (Å²) in [6.45, 7) is 1.91. The summed E-state index contributed by atoms with van der Waals surface area (Å²) in [6, 6.07) is 6.80. The Labute approximate surface area is 116 Å². The molecule has 0 aliphatic heterocycles. The first-order chi connectivity index (χ1) is 9.34. The lowest BCUT2D eigenvalue weighted by Gasteiger charge is -1.96. The van der Waals surface area contributed by atoms with Gasteiger partial charge in [-0.05, 0) is 31.2 Å². The van der Waals surface area contributed by atoms with Gasteiger partial charge in [-0.2, -0.15) is 5.10 Å². The number of hydrogen-bond donors (Lipinski definition) is 1. The van der Waals surface area contributed by atoms with Gasteiger partial charge in [0, 0.05) is 13.3 Å².